The largest absolute Gasteiger partial charge is 0.378 e. The molecule has 3 rings (SSSR count). The molecule has 0 N–H and O–H groups in total. The minimum absolute atomic E-state index is 0.241. The van der Waals surface area contributed by atoms with Crippen molar-refractivity contribution in [2.45, 2.75) is 45.1 Å². The van der Waals surface area contributed by atoms with Gasteiger partial charge in [0, 0.05) is 18.3 Å². The predicted octanol–water partition coefficient (Wildman–Crippen LogP) is 3.33. The number of ether oxygens (including phenoxy) is 1. The molecule has 2 heteroatoms. The van der Waals surface area contributed by atoms with Crippen LogP contribution in [0.5, 0.6) is 0 Å². The molecule has 0 radical (unpaired) electrons. The fourth-order valence-electron chi connectivity index (χ4n) is 4.86. The lowest BCUT2D eigenvalue weighted by molar-refractivity contribution is -0.119. The van der Waals surface area contributed by atoms with Gasteiger partial charge in [0.25, 0.3) is 0 Å². The van der Waals surface area contributed by atoms with Crippen LogP contribution in [0.25, 0.3) is 0 Å². The molecule has 2 bridgehead atoms. The van der Waals surface area contributed by atoms with E-state index in [1.165, 1.54) is 37.2 Å². The minimum atomic E-state index is 0.241. The zero-order chi connectivity index (χ0) is 10.7. The fourth-order valence-corrected chi connectivity index (χ4v) is 6.60. The summed E-state index contributed by atoms with van der Waals surface area (Å²) in [5.41, 5.74) is 1.24. The molecule has 1 spiro atoms. The first-order valence-electron chi connectivity index (χ1n) is 6.21. The maximum Gasteiger partial charge on any atom is 0.0758 e. The molecule has 1 saturated heterocycles. The van der Waals surface area contributed by atoms with E-state index < -0.39 is 0 Å². The van der Waals surface area contributed by atoms with Crippen molar-refractivity contribution in [3.8, 4) is 0 Å². The topological polar surface area (TPSA) is 9.23 Å². The number of hydrogen-bond donors (Lipinski definition) is 0. The lowest BCUT2D eigenvalue weighted by atomic mass is 9.63. The third-order valence-corrected chi connectivity index (χ3v) is 7.20. The van der Waals surface area contributed by atoms with Gasteiger partial charge in [-0.15, -0.1) is 0 Å². The van der Waals surface area contributed by atoms with Gasteiger partial charge in [-0.25, -0.2) is 0 Å². The fraction of sp³-hybridized carbons (Fsp3) is 1.00. The second kappa shape index (κ2) is 2.95. The molecule has 1 heterocycles. The zero-order valence-corrected chi connectivity index (χ0v) is 11.0. The van der Waals surface area contributed by atoms with Crippen molar-refractivity contribution in [1.82, 2.24) is 0 Å². The molecule has 2 aliphatic carbocycles. The molecule has 3 aliphatic rings. The summed E-state index contributed by atoms with van der Waals surface area (Å²) in [6, 6.07) is 0. The molecule has 3 atom stereocenters. The Bertz CT molecular complexity index is 288. The molecular weight excluding hydrogens is 204 g/mol. The highest BCUT2D eigenvalue weighted by Gasteiger charge is 2.71. The van der Waals surface area contributed by atoms with Crippen molar-refractivity contribution in [3.05, 3.63) is 0 Å². The van der Waals surface area contributed by atoms with Crippen molar-refractivity contribution in [2.75, 3.05) is 18.6 Å². The Labute approximate surface area is 97.3 Å². The van der Waals surface area contributed by atoms with Crippen LogP contribution in [0.1, 0.15) is 39.5 Å². The molecule has 3 fully saturated rings. The monoisotopic (exact) mass is 226 g/mol. The molecule has 2 saturated carbocycles. The first-order chi connectivity index (χ1) is 7.08. The van der Waals surface area contributed by atoms with Crippen molar-refractivity contribution >= 4 is 11.8 Å². The van der Waals surface area contributed by atoms with Crippen LogP contribution in [0.15, 0.2) is 0 Å². The second-order valence-corrected chi connectivity index (χ2v) is 7.35. The lowest BCUT2D eigenvalue weighted by Gasteiger charge is -2.52. The highest BCUT2D eigenvalue weighted by molar-refractivity contribution is 7.99. The Morgan fingerprint density at radius 2 is 2.07 bits per heavy atom. The first-order valence-corrected chi connectivity index (χ1v) is 7.36. The number of rotatable bonds is 1. The summed E-state index contributed by atoms with van der Waals surface area (Å²) in [5.74, 6) is 3.55. The van der Waals surface area contributed by atoms with Crippen molar-refractivity contribution in [2.24, 2.45) is 16.7 Å². The van der Waals surface area contributed by atoms with Crippen LogP contribution in [0.4, 0.5) is 0 Å². The van der Waals surface area contributed by atoms with E-state index in [9.17, 15) is 0 Å². The molecule has 1 nitrogen and oxygen atoms in total. The molecule has 86 valence electrons. The Kier molecular flexibility index (Phi) is 2.06. The molecule has 0 aromatic rings. The van der Waals surface area contributed by atoms with Crippen LogP contribution in [0.2, 0.25) is 0 Å². The molecular formula is C13H22OS. The molecule has 3 unspecified atom stereocenters. The van der Waals surface area contributed by atoms with Crippen molar-refractivity contribution in [1.29, 1.82) is 0 Å². The normalized spacial score (nSPS) is 51.8. The summed E-state index contributed by atoms with van der Waals surface area (Å²) in [7, 11) is 1.95. The molecule has 0 aromatic heterocycles. The summed E-state index contributed by atoms with van der Waals surface area (Å²) >= 11 is 2.16. The van der Waals surface area contributed by atoms with E-state index in [1.54, 1.807) is 0 Å². The molecule has 0 amide bonds. The quantitative estimate of drug-likeness (QED) is 0.678. The summed E-state index contributed by atoms with van der Waals surface area (Å²) in [4.78, 5) is 0. The number of fused-ring (bicyclic) bond motifs is 1. The van der Waals surface area contributed by atoms with E-state index in [1.807, 2.05) is 7.11 Å². The van der Waals surface area contributed by atoms with Crippen LogP contribution in [-0.4, -0.2) is 24.2 Å². The Hall–Kier alpha value is 0.310. The first kappa shape index (κ1) is 10.5. The zero-order valence-electron chi connectivity index (χ0n) is 10.1. The van der Waals surface area contributed by atoms with Crippen LogP contribution in [0.3, 0.4) is 0 Å². The molecule has 0 aromatic carbocycles. The second-order valence-electron chi connectivity index (χ2n) is 6.24. The third-order valence-electron chi connectivity index (χ3n) is 6.01. The maximum absolute atomic E-state index is 6.05. The van der Waals surface area contributed by atoms with E-state index in [0.717, 1.165) is 5.92 Å². The third kappa shape index (κ3) is 0.969. The van der Waals surface area contributed by atoms with Gasteiger partial charge < -0.3 is 4.74 Å². The minimum Gasteiger partial charge on any atom is -0.378 e. The van der Waals surface area contributed by atoms with Gasteiger partial charge in [-0.3, -0.25) is 0 Å². The number of hydrogen-bond acceptors (Lipinski definition) is 2. The van der Waals surface area contributed by atoms with Gasteiger partial charge in [0.15, 0.2) is 0 Å². The molecule has 1 aliphatic heterocycles. The Balaban J connectivity index is 2.09. The predicted molar refractivity (Wildman–Crippen MR) is 65.2 cm³/mol. The average molecular weight is 226 g/mol. The van der Waals surface area contributed by atoms with Crippen LogP contribution in [0, 0.1) is 16.7 Å². The summed E-state index contributed by atoms with van der Waals surface area (Å²) in [6.45, 7) is 4.99. The van der Waals surface area contributed by atoms with Gasteiger partial charge in [0.1, 0.15) is 0 Å². The Morgan fingerprint density at radius 1 is 1.27 bits per heavy atom. The SMILES string of the molecule is COC12CCSCC13CCC(C2)C3(C)C. The van der Waals surface area contributed by atoms with Crippen LogP contribution in [-0.2, 0) is 4.74 Å². The van der Waals surface area contributed by atoms with E-state index in [0.29, 0.717) is 10.8 Å². The van der Waals surface area contributed by atoms with Gasteiger partial charge in [0.05, 0.1) is 5.60 Å². The summed E-state index contributed by atoms with van der Waals surface area (Å²) in [6.07, 6.45) is 5.47. The average Bonchev–Trinajstić information content (AvgIpc) is 2.60. The molecule has 15 heavy (non-hydrogen) atoms. The van der Waals surface area contributed by atoms with Crippen molar-refractivity contribution in [3.63, 3.8) is 0 Å². The maximum atomic E-state index is 6.05. The van der Waals surface area contributed by atoms with Gasteiger partial charge in [0.2, 0.25) is 0 Å². The smallest absolute Gasteiger partial charge is 0.0758 e. The number of methoxy groups -OCH3 is 1. The van der Waals surface area contributed by atoms with Gasteiger partial charge in [-0.05, 0) is 42.8 Å². The van der Waals surface area contributed by atoms with Crippen LogP contribution >= 0.6 is 11.8 Å². The lowest BCUT2D eigenvalue weighted by Crippen LogP contribution is -2.54. The van der Waals surface area contributed by atoms with Crippen molar-refractivity contribution < 1.29 is 4.74 Å². The van der Waals surface area contributed by atoms with Crippen LogP contribution < -0.4 is 0 Å². The summed E-state index contributed by atoms with van der Waals surface area (Å²) < 4.78 is 6.05. The van der Waals surface area contributed by atoms with Gasteiger partial charge >= 0.3 is 0 Å². The van der Waals surface area contributed by atoms with E-state index in [-0.39, 0.29) is 5.60 Å². The van der Waals surface area contributed by atoms with E-state index in [4.69, 9.17) is 4.74 Å². The highest BCUT2D eigenvalue weighted by atomic mass is 32.2. The van der Waals surface area contributed by atoms with E-state index in [2.05, 4.69) is 25.6 Å². The standard InChI is InChI=1S/C13H22OS/c1-11(2)10-4-5-12(11)9-15-7-6-13(12,8-10)14-3/h10H,4-9H2,1-3H3. The Morgan fingerprint density at radius 3 is 2.67 bits per heavy atom. The van der Waals surface area contributed by atoms with Gasteiger partial charge in [-0.2, -0.15) is 11.8 Å². The van der Waals surface area contributed by atoms with Gasteiger partial charge in [-0.1, -0.05) is 13.8 Å². The number of thioether (sulfide) groups is 1. The summed E-state index contributed by atoms with van der Waals surface area (Å²) in [5, 5.41) is 0. The highest BCUT2D eigenvalue weighted by Crippen LogP contribution is 2.73. The van der Waals surface area contributed by atoms with E-state index >= 15 is 0 Å².